The number of nitrogens with one attached hydrogen (secondary N) is 3. The van der Waals surface area contributed by atoms with E-state index in [1.807, 2.05) is 0 Å². The molecular weight excluding hydrogens is 552 g/mol. The molecule has 41 heavy (non-hydrogen) atoms. The molecule has 1 aromatic heterocycles. The number of nitrogens with two attached hydrogens (primary N) is 1. The SMILES string of the molecule is CC(NC(=O)[C@@H]1C[C@](F)(CF)CN1C(=O)CNC(=O)c1ccc(C(=O)c2ccccc2)cc1)c1cc(C(=N)N)cs1. The molecule has 0 saturated carbocycles. The lowest BCUT2D eigenvalue weighted by atomic mass is 10.0. The summed E-state index contributed by atoms with van der Waals surface area (Å²) in [6, 6.07) is 14.4. The second-order valence-electron chi connectivity index (χ2n) is 9.86. The Bertz CT molecular complexity index is 1460. The number of nitrogens with zero attached hydrogens (tertiary/aromatic N) is 1. The minimum absolute atomic E-state index is 0.123. The number of thiophene rings is 1. The van der Waals surface area contributed by atoms with Crippen LogP contribution in [0.15, 0.2) is 66.0 Å². The van der Waals surface area contributed by atoms with Gasteiger partial charge in [0.1, 0.15) is 18.6 Å². The number of ketones is 1. The summed E-state index contributed by atoms with van der Waals surface area (Å²) in [5, 5.41) is 14.4. The van der Waals surface area contributed by atoms with Gasteiger partial charge in [-0.2, -0.15) is 0 Å². The lowest BCUT2D eigenvalue weighted by Gasteiger charge is -2.25. The van der Waals surface area contributed by atoms with Gasteiger partial charge in [0.05, 0.1) is 19.1 Å². The van der Waals surface area contributed by atoms with Crippen molar-refractivity contribution in [3.05, 3.63) is 93.2 Å². The van der Waals surface area contributed by atoms with Crippen molar-refractivity contribution in [1.82, 2.24) is 15.5 Å². The minimum Gasteiger partial charge on any atom is -0.384 e. The van der Waals surface area contributed by atoms with Crippen LogP contribution in [0.1, 0.15) is 56.1 Å². The van der Waals surface area contributed by atoms with Crippen molar-refractivity contribution >= 4 is 40.7 Å². The quantitative estimate of drug-likeness (QED) is 0.165. The molecule has 1 fully saturated rings. The van der Waals surface area contributed by atoms with Gasteiger partial charge in [0.2, 0.25) is 11.8 Å². The molecule has 4 rings (SSSR count). The molecule has 0 spiro atoms. The highest BCUT2D eigenvalue weighted by atomic mass is 32.1. The first-order valence-corrected chi connectivity index (χ1v) is 13.6. The number of nitrogen functional groups attached to an aromatic ring is 1. The van der Waals surface area contributed by atoms with Crippen LogP contribution in [0, 0.1) is 5.41 Å². The van der Waals surface area contributed by atoms with E-state index in [0.29, 0.717) is 21.6 Å². The molecule has 1 saturated heterocycles. The number of likely N-dealkylation sites (tertiary alicyclic amines) is 1. The molecule has 0 bridgehead atoms. The topological polar surface area (TPSA) is 145 Å². The summed E-state index contributed by atoms with van der Waals surface area (Å²) in [6.07, 6.45) is -0.526. The molecule has 1 unspecified atom stereocenters. The van der Waals surface area contributed by atoms with Crippen molar-refractivity contribution in [2.45, 2.75) is 31.1 Å². The largest absolute Gasteiger partial charge is 0.384 e. The highest BCUT2D eigenvalue weighted by molar-refractivity contribution is 7.10. The zero-order valence-corrected chi connectivity index (χ0v) is 23.0. The maximum atomic E-state index is 15.0. The summed E-state index contributed by atoms with van der Waals surface area (Å²) >= 11 is 1.28. The van der Waals surface area contributed by atoms with Crippen molar-refractivity contribution in [3.8, 4) is 0 Å². The fourth-order valence-corrected chi connectivity index (χ4v) is 5.44. The fraction of sp³-hybridized carbons (Fsp3) is 0.276. The van der Waals surface area contributed by atoms with Crippen LogP contribution in [0.5, 0.6) is 0 Å². The molecule has 214 valence electrons. The molecule has 2 heterocycles. The van der Waals surface area contributed by atoms with Crippen LogP contribution in [0.3, 0.4) is 0 Å². The van der Waals surface area contributed by atoms with Crippen LogP contribution in [0.4, 0.5) is 8.78 Å². The molecule has 9 nitrogen and oxygen atoms in total. The number of alkyl halides is 2. The van der Waals surface area contributed by atoms with Gasteiger partial charge in [0.15, 0.2) is 11.5 Å². The summed E-state index contributed by atoms with van der Waals surface area (Å²) in [5.41, 5.74) is 4.67. The third-order valence-corrected chi connectivity index (χ3v) is 7.93. The first kappa shape index (κ1) is 29.5. The normalized spacial score (nSPS) is 18.9. The van der Waals surface area contributed by atoms with Crippen LogP contribution < -0.4 is 16.4 Å². The third-order valence-electron chi connectivity index (χ3n) is 6.81. The smallest absolute Gasteiger partial charge is 0.251 e. The van der Waals surface area contributed by atoms with E-state index >= 15 is 4.39 Å². The Morgan fingerprint density at radius 1 is 1.07 bits per heavy atom. The number of hydrogen-bond acceptors (Lipinski definition) is 6. The summed E-state index contributed by atoms with van der Waals surface area (Å²) in [6.45, 7) is -0.860. The Morgan fingerprint density at radius 3 is 2.32 bits per heavy atom. The summed E-state index contributed by atoms with van der Waals surface area (Å²) in [4.78, 5) is 52.9. The van der Waals surface area contributed by atoms with Crippen LogP contribution in [-0.4, -0.2) is 65.7 Å². The molecule has 0 aliphatic carbocycles. The zero-order valence-electron chi connectivity index (χ0n) is 22.2. The number of benzene rings is 2. The molecular formula is C29H29F2N5O4S. The monoisotopic (exact) mass is 581 g/mol. The fourth-order valence-electron chi connectivity index (χ4n) is 4.52. The summed E-state index contributed by atoms with van der Waals surface area (Å²) in [5.74, 6) is -2.35. The van der Waals surface area contributed by atoms with Gasteiger partial charge in [0, 0.05) is 38.9 Å². The van der Waals surface area contributed by atoms with E-state index in [0.717, 1.165) is 4.90 Å². The van der Waals surface area contributed by atoms with Crippen molar-refractivity contribution < 1.29 is 28.0 Å². The van der Waals surface area contributed by atoms with E-state index in [1.54, 1.807) is 48.7 Å². The Labute approximate surface area is 239 Å². The predicted octanol–water partition coefficient (Wildman–Crippen LogP) is 3.15. The van der Waals surface area contributed by atoms with Crippen molar-refractivity contribution in [3.63, 3.8) is 0 Å². The number of carbonyl (C=O) groups excluding carboxylic acids is 4. The first-order chi connectivity index (χ1) is 19.5. The first-order valence-electron chi connectivity index (χ1n) is 12.8. The Hall–Kier alpha value is -4.45. The summed E-state index contributed by atoms with van der Waals surface area (Å²) < 4.78 is 28.5. The van der Waals surface area contributed by atoms with Crippen LogP contribution >= 0.6 is 11.3 Å². The minimum atomic E-state index is -2.39. The second-order valence-corrected chi connectivity index (χ2v) is 10.8. The van der Waals surface area contributed by atoms with Crippen molar-refractivity contribution in [1.29, 1.82) is 5.41 Å². The van der Waals surface area contributed by atoms with Gasteiger partial charge >= 0.3 is 0 Å². The Morgan fingerprint density at radius 2 is 1.71 bits per heavy atom. The van der Waals surface area contributed by atoms with E-state index < -0.39 is 61.7 Å². The van der Waals surface area contributed by atoms with Gasteiger partial charge in [-0.25, -0.2) is 8.78 Å². The number of amides is 3. The number of rotatable bonds is 10. The van der Waals surface area contributed by atoms with Crippen LogP contribution in [0.25, 0.3) is 0 Å². The average molecular weight is 582 g/mol. The molecule has 2 aromatic carbocycles. The molecule has 12 heteroatoms. The van der Waals surface area contributed by atoms with Gasteiger partial charge in [-0.05, 0) is 25.1 Å². The van der Waals surface area contributed by atoms with Crippen molar-refractivity contribution in [2.75, 3.05) is 19.8 Å². The highest BCUT2D eigenvalue weighted by Crippen LogP contribution is 2.32. The second kappa shape index (κ2) is 12.4. The Kier molecular flexibility index (Phi) is 8.92. The van der Waals surface area contributed by atoms with Crippen molar-refractivity contribution in [2.24, 2.45) is 5.73 Å². The predicted molar refractivity (Wildman–Crippen MR) is 150 cm³/mol. The molecule has 3 aromatic rings. The molecule has 3 atom stereocenters. The number of carbonyl (C=O) groups is 4. The molecule has 0 radical (unpaired) electrons. The highest BCUT2D eigenvalue weighted by Gasteiger charge is 2.49. The molecule has 1 aliphatic rings. The van der Waals surface area contributed by atoms with E-state index in [9.17, 15) is 23.6 Å². The Balaban J connectivity index is 1.38. The molecule has 3 amide bonds. The third kappa shape index (κ3) is 6.83. The number of halogens is 2. The number of amidine groups is 1. The summed E-state index contributed by atoms with van der Waals surface area (Å²) in [7, 11) is 0. The lowest BCUT2D eigenvalue weighted by Crippen LogP contribution is -2.49. The van der Waals surface area contributed by atoms with Crippen LogP contribution in [-0.2, 0) is 9.59 Å². The average Bonchev–Trinajstić information content (AvgIpc) is 3.62. The van der Waals surface area contributed by atoms with Gasteiger partial charge in [-0.1, -0.05) is 42.5 Å². The maximum absolute atomic E-state index is 15.0. The van der Waals surface area contributed by atoms with E-state index in [-0.39, 0.29) is 17.2 Å². The van der Waals surface area contributed by atoms with Gasteiger partial charge < -0.3 is 21.3 Å². The maximum Gasteiger partial charge on any atom is 0.251 e. The number of hydrogen-bond donors (Lipinski definition) is 4. The van der Waals surface area contributed by atoms with Crippen LogP contribution in [0.2, 0.25) is 0 Å². The van der Waals surface area contributed by atoms with E-state index in [2.05, 4.69) is 10.6 Å². The van der Waals surface area contributed by atoms with E-state index in [4.69, 9.17) is 11.1 Å². The standard InChI is InChI=1S/C29H29F2N5O4S/c1-17(23-11-21(14-41-23)26(32)33)35-28(40)22-12-29(31,15-30)16-36(22)24(37)13-34-27(39)20-9-7-19(8-10-20)25(38)18-5-3-2-4-6-18/h2-11,14,17,22H,12-13,15-16H2,1H3,(H3,32,33)(H,34,39)(H,35,40)/t17?,22-,29-/m0/s1. The van der Waals surface area contributed by atoms with Gasteiger partial charge in [-0.3, -0.25) is 24.6 Å². The zero-order chi connectivity index (χ0) is 29.7. The van der Waals surface area contributed by atoms with Gasteiger partial charge in [0.25, 0.3) is 5.91 Å². The van der Waals surface area contributed by atoms with Gasteiger partial charge in [-0.15, -0.1) is 11.3 Å². The van der Waals surface area contributed by atoms with E-state index in [1.165, 1.54) is 35.6 Å². The molecule has 1 aliphatic heterocycles. The lowest BCUT2D eigenvalue weighted by molar-refractivity contribution is -0.138. The molecule has 5 N–H and O–H groups in total.